The Labute approximate surface area is 198 Å². The minimum absolute atomic E-state index is 0.260. The van der Waals surface area contributed by atoms with Crippen LogP contribution >= 0.6 is 0 Å². The van der Waals surface area contributed by atoms with Gasteiger partial charge in [0.2, 0.25) is 0 Å². The number of aliphatic hydroxyl groups is 3. The number of rotatable bonds is 3. The molecule has 1 aliphatic heterocycles. The van der Waals surface area contributed by atoms with Crippen molar-refractivity contribution in [2.75, 3.05) is 0 Å². The van der Waals surface area contributed by atoms with Gasteiger partial charge in [0.1, 0.15) is 29.7 Å². The average Bonchev–Trinajstić information content (AvgIpc) is 3.11. The number of benzene rings is 1. The monoisotopic (exact) mass is 472 g/mol. The standard InChI is InChI=1S/C26H32O8/c1-3-26(34-24-21(30)19(28)20(29)22(33-24)23(31)32)11-9-18-17-6-4-13-12-14(27)5-7-15(13)16(17)8-10-25(18,26)2/h1,5,7,12,16-22,24,27-30H,4,6,8-11H2,2H3,(H,31,32)/t16-,17-,18+,19?,20?,21?,22?,24?,25+,26-/m0/s1. The molecule has 1 aromatic carbocycles. The Balaban J connectivity index is 1.42. The van der Waals surface area contributed by atoms with Crippen LogP contribution in [0.2, 0.25) is 0 Å². The molecule has 0 spiro atoms. The minimum Gasteiger partial charge on any atom is -0.508 e. The van der Waals surface area contributed by atoms with E-state index in [4.69, 9.17) is 15.9 Å². The van der Waals surface area contributed by atoms with Gasteiger partial charge in [-0.05, 0) is 79.5 Å². The molecule has 0 radical (unpaired) electrons. The van der Waals surface area contributed by atoms with Crippen molar-refractivity contribution in [3.8, 4) is 18.1 Å². The van der Waals surface area contributed by atoms with Crippen molar-refractivity contribution in [3.63, 3.8) is 0 Å². The quantitative estimate of drug-likeness (QED) is 0.418. The lowest BCUT2D eigenvalue weighted by molar-refractivity contribution is -0.324. The fourth-order valence-electron chi connectivity index (χ4n) is 7.38. The summed E-state index contributed by atoms with van der Waals surface area (Å²) in [6.07, 6.45) is 2.62. The second kappa shape index (κ2) is 8.21. The number of terminal acetylenes is 1. The Bertz CT molecular complexity index is 1020. The lowest BCUT2D eigenvalue weighted by atomic mass is 9.53. The predicted molar refractivity (Wildman–Crippen MR) is 120 cm³/mol. The van der Waals surface area contributed by atoms with Crippen LogP contribution in [0.4, 0.5) is 0 Å². The zero-order valence-corrected chi connectivity index (χ0v) is 19.1. The molecule has 1 saturated heterocycles. The summed E-state index contributed by atoms with van der Waals surface area (Å²) in [5.41, 5.74) is 0.963. The van der Waals surface area contributed by atoms with Gasteiger partial charge in [-0.15, -0.1) is 6.42 Å². The van der Waals surface area contributed by atoms with Crippen LogP contribution in [0.5, 0.6) is 5.75 Å². The number of hydrogen-bond donors (Lipinski definition) is 5. The molecule has 184 valence electrons. The van der Waals surface area contributed by atoms with Gasteiger partial charge in [-0.25, -0.2) is 4.79 Å². The van der Waals surface area contributed by atoms with E-state index < -0.39 is 47.7 Å². The Morgan fingerprint density at radius 1 is 1.15 bits per heavy atom. The number of ether oxygens (including phenoxy) is 2. The first-order chi connectivity index (χ1) is 16.1. The summed E-state index contributed by atoms with van der Waals surface area (Å²) < 4.78 is 11.7. The van der Waals surface area contributed by atoms with Gasteiger partial charge in [0.05, 0.1) is 0 Å². The van der Waals surface area contributed by atoms with Gasteiger partial charge in [-0.3, -0.25) is 0 Å². The van der Waals surface area contributed by atoms with Crippen LogP contribution in [-0.4, -0.2) is 67.8 Å². The SMILES string of the molecule is C#C[C@]1(OC2OC(C(=O)O)C(O)C(O)C2O)CC[C@@H]2[C@H]3CCc4cc(O)ccc4[C@@H]3CC[C@]21C. The molecule has 0 aromatic heterocycles. The molecule has 3 fully saturated rings. The Hall–Kier alpha value is -2.15. The van der Waals surface area contributed by atoms with E-state index in [9.17, 15) is 30.3 Å². The number of aliphatic hydroxyl groups excluding tert-OH is 3. The maximum Gasteiger partial charge on any atom is 0.335 e. The first-order valence-electron chi connectivity index (χ1n) is 12.0. The molecule has 34 heavy (non-hydrogen) atoms. The Morgan fingerprint density at radius 3 is 2.62 bits per heavy atom. The topological polar surface area (TPSA) is 137 Å². The van der Waals surface area contributed by atoms with Crippen molar-refractivity contribution >= 4 is 5.97 Å². The Morgan fingerprint density at radius 2 is 1.91 bits per heavy atom. The van der Waals surface area contributed by atoms with Gasteiger partial charge in [-0.1, -0.05) is 18.9 Å². The van der Waals surface area contributed by atoms with Gasteiger partial charge in [0, 0.05) is 5.41 Å². The molecule has 0 bridgehead atoms. The van der Waals surface area contributed by atoms with Crippen molar-refractivity contribution < 1.29 is 39.8 Å². The number of aryl methyl sites for hydroxylation is 1. The van der Waals surface area contributed by atoms with Crippen molar-refractivity contribution in [2.45, 2.75) is 87.7 Å². The number of phenols is 1. The number of carboxylic acids is 1. The minimum atomic E-state index is -1.78. The summed E-state index contributed by atoms with van der Waals surface area (Å²) in [6, 6.07) is 5.65. The molecule has 5 unspecified atom stereocenters. The summed E-state index contributed by atoms with van der Waals surface area (Å²) in [6.45, 7) is 2.11. The third kappa shape index (κ3) is 3.29. The van der Waals surface area contributed by atoms with Crippen LogP contribution in [0.3, 0.4) is 0 Å². The highest BCUT2D eigenvalue weighted by Crippen LogP contribution is 2.65. The molecule has 1 aromatic rings. The van der Waals surface area contributed by atoms with E-state index in [1.807, 2.05) is 12.1 Å². The second-order valence-electron chi connectivity index (χ2n) is 10.6. The van der Waals surface area contributed by atoms with E-state index in [1.165, 1.54) is 11.1 Å². The maximum absolute atomic E-state index is 11.5. The van der Waals surface area contributed by atoms with Crippen molar-refractivity contribution in [3.05, 3.63) is 29.3 Å². The van der Waals surface area contributed by atoms with E-state index in [0.717, 1.165) is 32.1 Å². The fraction of sp³-hybridized carbons (Fsp3) is 0.654. The first-order valence-corrected chi connectivity index (χ1v) is 12.0. The van der Waals surface area contributed by atoms with Gasteiger partial charge < -0.3 is 35.0 Å². The van der Waals surface area contributed by atoms with Gasteiger partial charge >= 0.3 is 5.97 Å². The summed E-state index contributed by atoms with van der Waals surface area (Å²) >= 11 is 0. The van der Waals surface area contributed by atoms with E-state index in [0.29, 0.717) is 18.3 Å². The van der Waals surface area contributed by atoms with E-state index in [2.05, 4.69) is 12.8 Å². The Kier molecular flexibility index (Phi) is 5.70. The number of aliphatic carboxylic acids is 1. The largest absolute Gasteiger partial charge is 0.508 e. The lowest BCUT2D eigenvalue weighted by Crippen LogP contribution is -2.63. The zero-order valence-electron chi connectivity index (χ0n) is 19.1. The third-order valence-electron chi connectivity index (χ3n) is 9.19. The molecule has 5 N–H and O–H groups in total. The number of fused-ring (bicyclic) bond motifs is 5. The van der Waals surface area contributed by atoms with Crippen molar-refractivity contribution in [1.82, 2.24) is 0 Å². The highest BCUT2D eigenvalue weighted by Gasteiger charge is 2.64. The molecule has 4 aliphatic rings. The van der Waals surface area contributed by atoms with Gasteiger partial charge in [0.15, 0.2) is 12.4 Å². The molecule has 0 amide bonds. The van der Waals surface area contributed by atoms with Crippen molar-refractivity contribution in [2.24, 2.45) is 17.3 Å². The molecule has 3 aliphatic carbocycles. The number of aromatic hydroxyl groups is 1. The summed E-state index contributed by atoms with van der Waals surface area (Å²) in [5, 5.41) is 50.1. The van der Waals surface area contributed by atoms with Gasteiger partial charge in [0.25, 0.3) is 0 Å². The molecular weight excluding hydrogens is 440 g/mol. The van der Waals surface area contributed by atoms with Gasteiger partial charge in [-0.2, -0.15) is 0 Å². The number of carboxylic acid groups (broad SMARTS) is 1. The molecule has 10 atom stereocenters. The van der Waals surface area contributed by atoms with E-state index >= 15 is 0 Å². The predicted octanol–water partition coefficient (Wildman–Crippen LogP) is 1.53. The lowest BCUT2D eigenvalue weighted by Gasteiger charge is -2.54. The molecule has 5 rings (SSSR count). The van der Waals surface area contributed by atoms with E-state index in [-0.39, 0.29) is 11.7 Å². The molecule has 1 heterocycles. The van der Waals surface area contributed by atoms with Crippen LogP contribution in [0.1, 0.15) is 56.1 Å². The zero-order chi connectivity index (χ0) is 24.4. The summed E-state index contributed by atoms with van der Waals surface area (Å²) in [7, 11) is 0. The number of hydrogen-bond acceptors (Lipinski definition) is 7. The van der Waals surface area contributed by atoms with Crippen LogP contribution < -0.4 is 0 Å². The van der Waals surface area contributed by atoms with Crippen molar-refractivity contribution in [1.29, 1.82) is 0 Å². The van der Waals surface area contributed by atoms with Crippen LogP contribution in [-0.2, 0) is 20.7 Å². The maximum atomic E-state index is 11.5. The smallest absolute Gasteiger partial charge is 0.335 e. The average molecular weight is 473 g/mol. The highest BCUT2D eigenvalue weighted by atomic mass is 16.7. The van der Waals surface area contributed by atoms with E-state index in [1.54, 1.807) is 6.07 Å². The highest BCUT2D eigenvalue weighted by molar-refractivity contribution is 5.73. The molecule has 8 nitrogen and oxygen atoms in total. The molecular formula is C26H32O8. The molecule has 2 saturated carbocycles. The normalized spacial score (nSPS) is 45.5. The number of phenolic OH excluding ortho intramolecular Hbond substituents is 1. The summed E-state index contributed by atoms with van der Waals surface area (Å²) in [4.78, 5) is 11.5. The van der Waals surface area contributed by atoms with Crippen LogP contribution in [0.15, 0.2) is 18.2 Å². The van der Waals surface area contributed by atoms with Crippen LogP contribution in [0, 0.1) is 29.6 Å². The second-order valence-corrected chi connectivity index (χ2v) is 10.6. The first kappa shape index (κ1) is 23.6. The fourth-order valence-corrected chi connectivity index (χ4v) is 7.38. The number of carbonyl (C=O) groups is 1. The summed E-state index contributed by atoms with van der Waals surface area (Å²) in [5.74, 6) is 2.70. The third-order valence-corrected chi connectivity index (χ3v) is 9.19. The van der Waals surface area contributed by atoms with Crippen LogP contribution in [0.25, 0.3) is 0 Å². The molecule has 8 heteroatoms.